The molecule has 0 aromatic carbocycles. The Balaban J connectivity index is 1.94. The van der Waals surface area contributed by atoms with Gasteiger partial charge in [-0.2, -0.15) is 0 Å². The molecule has 1 aliphatic heterocycles. The van der Waals surface area contributed by atoms with Crippen LogP contribution in [0.1, 0.15) is 30.3 Å². The Kier molecular flexibility index (Phi) is 3.24. The Bertz CT molecular complexity index is 375. The molecule has 0 spiro atoms. The molecule has 5 heteroatoms. The molecule has 1 atom stereocenters. The third-order valence-electron chi connectivity index (χ3n) is 2.93. The molecule has 1 aromatic rings. The summed E-state index contributed by atoms with van der Waals surface area (Å²) in [4.78, 5) is 17.0. The zero-order valence-corrected chi connectivity index (χ0v) is 9.35. The Morgan fingerprint density at radius 2 is 2.56 bits per heavy atom. The van der Waals surface area contributed by atoms with Crippen LogP contribution in [-0.2, 0) is 11.2 Å². The summed E-state index contributed by atoms with van der Waals surface area (Å²) in [5.41, 5.74) is 0.963. The number of hydrogen-bond acceptors (Lipinski definition) is 4. The lowest BCUT2D eigenvalue weighted by Crippen LogP contribution is -2.13. The van der Waals surface area contributed by atoms with E-state index in [1.54, 1.807) is 6.26 Å². The second-order valence-electron chi connectivity index (χ2n) is 4.31. The van der Waals surface area contributed by atoms with Crippen molar-refractivity contribution in [3.63, 3.8) is 0 Å². The highest BCUT2D eigenvalue weighted by Crippen LogP contribution is 2.25. The quantitative estimate of drug-likeness (QED) is 0.829. The van der Waals surface area contributed by atoms with Gasteiger partial charge in [0.1, 0.15) is 6.26 Å². The predicted octanol–water partition coefficient (Wildman–Crippen LogP) is 1.11. The smallest absolute Gasteiger partial charge is 0.303 e. The molecule has 16 heavy (non-hydrogen) atoms. The molecule has 0 radical (unpaired) electrons. The predicted molar refractivity (Wildman–Crippen MR) is 57.3 cm³/mol. The number of carboxylic acid groups (broad SMARTS) is 1. The SMILES string of the molecule is CN1CCC(c2coc(CCC(=O)O)n2)C1. The van der Waals surface area contributed by atoms with E-state index in [-0.39, 0.29) is 6.42 Å². The molecule has 1 aromatic heterocycles. The largest absolute Gasteiger partial charge is 0.481 e. The van der Waals surface area contributed by atoms with E-state index in [4.69, 9.17) is 9.52 Å². The normalized spacial score (nSPS) is 21.4. The number of oxazole rings is 1. The van der Waals surface area contributed by atoms with Gasteiger partial charge in [-0.15, -0.1) is 0 Å². The van der Waals surface area contributed by atoms with E-state index in [0.29, 0.717) is 18.2 Å². The van der Waals surface area contributed by atoms with Gasteiger partial charge in [-0.05, 0) is 20.0 Å². The highest BCUT2D eigenvalue weighted by Gasteiger charge is 2.23. The molecule has 0 saturated carbocycles. The Morgan fingerprint density at radius 1 is 1.75 bits per heavy atom. The fourth-order valence-corrected chi connectivity index (χ4v) is 2.02. The molecule has 1 N–H and O–H groups in total. The number of aliphatic carboxylic acids is 1. The first-order valence-corrected chi connectivity index (χ1v) is 5.50. The van der Waals surface area contributed by atoms with Gasteiger partial charge in [-0.3, -0.25) is 4.79 Å². The maximum Gasteiger partial charge on any atom is 0.303 e. The Hall–Kier alpha value is -1.36. The first kappa shape index (κ1) is 11.1. The molecule has 0 amide bonds. The van der Waals surface area contributed by atoms with E-state index >= 15 is 0 Å². The van der Waals surface area contributed by atoms with Gasteiger partial charge in [0.2, 0.25) is 0 Å². The van der Waals surface area contributed by atoms with Gasteiger partial charge >= 0.3 is 5.97 Å². The summed E-state index contributed by atoms with van der Waals surface area (Å²) in [5.74, 6) is 0.152. The minimum absolute atomic E-state index is 0.0739. The third-order valence-corrected chi connectivity index (χ3v) is 2.93. The number of likely N-dealkylation sites (tertiary alicyclic amines) is 1. The van der Waals surface area contributed by atoms with Gasteiger partial charge in [-0.1, -0.05) is 0 Å². The molecule has 5 nitrogen and oxygen atoms in total. The lowest BCUT2D eigenvalue weighted by Gasteiger charge is -2.06. The Labute approximate surface area is 94.1 Å². The molecule has 1 unspecified atom stereocenters. The van der Waals surface area contributed by atoms with Crippen molar-refractivity contribution in [1.29, 1.82) is 0 Å². The maximum atomic E-state index is 10.4. The number of aromatic nitrogens is 1. The topological polar surface area (TPSA) is 66.6 Å². The van der Waals surface area contributed by atoms with Crippen LogP contribution in [0.25, 0.3) is 0 Å². The van der Waals surface area contributed by atoms with Gasteiger partial charge < -0.3 is 14.4 Å². The molecule has 1 fully saturated rings. The first-order valence-electron chi connectivity index (χ1n) is 5.50. The van der Waals surface area contributed by atoms with Crippen molar-refractivity contribution in [2.75, 3.05) is 20.1 Å². The summed E-state index contributed by atoms with van der Waals surface area (Å²) in [5, 5.41) is 8.55. The van der Waals surface area contributed by atoms with E-state index in [1.807, 2.05) is 0 Å². The van der Waals surface area contributed by atoms with Crippen LogP contribution in [-0.4, -0.2) is 41.1 Å². The summed E-state index contributed by atoms with van der Waals surface area (Å²) < 4.78 is 5.27. The first-order chi connectivity index (χ1) is 7.65. The zero-order chi connectivity index (χ0) is 11.5. The second kappa shape index (κ2) is 4.65. The lowest BCUT2D eigenvalue weighted by molar-refractivity contribution is -0.137. The van der Waals surface area contributed by atoms with Crippen molar-refractivity contribution in [3.8, 4) is 0 Å². The fraction of sp³-hybridized carbons (Fsp3) is 0.636. The number of nitrogens with zero attached hydrogens (tertiary/aromatic N) is 2. The van der Waals surface area contributed by atoms with Crippen LogP contribution in [0.5, 0.6) is 0 Å². The molecule has 0 aliphatic carbocycles. The van der Waals surface area contributed by atoms with Gasteiger partial charge in [0.25, 0.3) is 0 Å². The lowest BCUT2D eigenvalue weighted by atomic mass is 10.1. The highest BCUT2D eigenvalue weighted by atomic mass is 16.4. The van der Waals surface area contributed by atoms with Crippen molar-refractivity contribution in [2.45, 2.75) is 25.2 Å². The van der Waals surface area contributed by atoms with Gasteiger partial charge in [0, 0.05) is 18.9 Å². The van der Waals surface area contributed by atoms with Crippen LogP contribution in [0.4, 0.5) is 0 Å². The van der Waals surface area contributed by atoms with E-state index in [9.17, 15) is 4.79 Å². The van der Waals surface area contributed by atoms with E-state index in [1.165, 1.54) is 0 Å². The second-order valence-corrected chi connectivity index (χ2v) is 4.31. The number of carboxylic acids is 1. The van der Waals surface area contributed by atoms with Crippen LogP contribution < -0.4 is 0 Å². The van der Waals surface area contributed by atoms with E-state index in [0.717, 1.165) is 25.2 Å². The summed E-state index contributed by atoms with van der Waals surface area (Å²) in [6, 6.07) is 0. The average Bonchev–Trinajstić information content (AvgIpc) is 2.83. The summed E-state index contributed by atoms with van der Waals surface area (Å²) >= 11 is 0. The van der Waals surface area contributed by atoms with Crippen LogP contribution in [0, 0.1) is 0 Å². The van der Waals surface area contributed by atoms with Crippen LogP contribution in [0.2, 0.25) is 0 Å². The number of hydrogen-bond donors (Lipinski definition) is 1. The van der Waals surface area contributed by atoms with Crippen LogP contribution in [0.3, 0.4) is 0 Å². The minimum atomic E-state index is -0.819. The summed E-state index contributed by atoms with van der Waals surface area (Å²) in [7, 11) is 2.09. The molecule has 0 bridgehead atoms. The molecule has 2 heterocycles. The molecule has 1 saturated heterocycles. The van der Waals surface area contributed by atoms with Crippen molar-refractivity contribution >= 4 is 5.97 Å². The zero-order valence-electron chi connectivity index (χ0n) is 9.35. The molecule has 88 valence electrons. The average molecular weight is 224 g/mol. The molecular formula is C11H16N2O3. The van der Waals surface area contributed by atoms with Crippen molar-refractivity contribution in [3.05, 3.63) is 17.8 Å². The summed E-state index contributed by atoms with van der Waals surface area (Å²) in [6.07, 6.45) is 3.21. The highest BCUT2D eigenvalue weighted by molar-refractivity contribution is 5.66. The van der Waals surface area contributed by atoms with E-state index < -0.39 is 5.97 Å². The maximum absolute atomic E-state index is 10.4. The minimum Gasteiger partial charge on any atom is -0.481 e. The number of aryl methyl sites for hydroxylation is 1. The molecular weight excluding hydrogens is 208 g/mol. The fourth-order valence-electron chi connectivity index (χ4n) is 2.02. The van der Waals surface area contributed by atoms with E-state index in [2.05, 4.69) is 16.9 Å². The van der Waals surface area contributed by atoms with Gasteiger partial charge in [0.15, 0.2) is 5.89 Å². The third kappa shape index (κ3) is 2.61. The Morgan fingerprint density at radius 3 is 3.19 bits per heavy atom. The van der Waals surface area contributed by atoms with Crippen molar-refractivity contribution in [1.82, 2.24) is 9.88 Å². The monoisotopic (exact) mass is 224 g/mol. The number of likely N-dealkylation sites (N-methyl/N-ethyl adjacent to an activating group) is 1. The van der Waals surface area contributed by atoms with Gasteiger partial charge in [-0.25, -0.2) is 4.98 Å². The van der Waals surface area contributed by atoms with Crippen molar-refractivity contribution < 1.29 is 14.3 Å². The van der Waals surface area contributed by atoms with Crippen LogP contribution in [0.15, 0.2) is 10.7 Å². The molecule has 1 aliphatic rings. The number of rotatable bonds is 4. The number of carbonyl (C=O) groups is 1. The van der Waals surface area contributed by atoms with Crippen molar-refractivity contribution in [2.24, 2.45) is 0 Å². The van der Waals surface area contributed by atoms with Gasteiger partial charge in [0.05, 0.1) is 12.1 Å². The molecule has 2 rings (SSSR count). The standard InChI is InChI=1S/C11H16N2O3/c1-13-5-4-8(6-13)9-7-16-10(12-9)2-3-11(14)15/h7-8H,2-6H2,1H3,(H,14,15). The summed E-state index contributed by atoms with van der Waals surface area (Å²) in [6.45, 7) is 2.09. The van der Waals surface area contributed by atoms with Crippen LogP contribution >= 0.6 is 0 Å².